The molecular weight excluding hydrogens is 208 g/mol. The second-order valence-electron chi connectivity index (χ2n) is 6.81. The highest BCUT2D eigenvalue weighted by atomic mass is 15.2. The van der Waals surface area contributed by atoms with Gasteiger partial charge in [-0.1, -0.05) is 19.8 Å². The first-order valence-corrected chi connectivity index (χ1v) is 7.70. The van der Waals surface area contributed by atoms with Gasteiger partial charge in [-0.2, -0.15) is 0 Å². The van der Waals surface area contributed by atoms with E-state index >= 15 is 0 Å². The molecule has 3 aliphatic rings. The molecule has 2 aliphatic heterocycles. The largest absolute Gasteiger partial charge is 0.311 e. The zero-order valence-corrected chi connectivity index (χ0v) is 11.5. The fourth-order valence-corrected chi connectivity index (χ4v) is 4.60. The van der Waals surface area contributed by atoms with Crippen molar-refractivity contribution < 1.29 is 0 Å². The van der Waals surface area contributed by atoms with Gasteiger partial charge < -0.3 is 10.2 Å². The van der Waals surface area contributed by atoms with Crippen LogP contribution in [0.1, 0.15) is 51.9 Å². The molecule has 0 spiro atoms. The van der Waals surface area contributed by atoms with E-state index in [0.29, 0.717) is 0 Å². The molecule has 0 radical (unpaired) electrons. The van der Waals surface area contributed by atoms with E-state index in [-0.39, 0.29) is 0 Å². The van der Waals surface area contributed by atoms with Crippen molar-refractivity contribution in [1.29, 1.82) is 0 Å². The molecule has 17 heavy (non-hydrogen) atoms. The molecular formula is C15H28N2. The van der Waals surface area contributed by atoms with E-state index in [1.807, 2.05) is 0 Å². The molecule has 0 aromatic rings. The minimum atomic E-state index is 0.848. The van der Waals surface area contributed by atoms with Crippen LogP contribution < -0.4 is 5.32 Å². The molecule has 2 heterocycles. The predicted molar refractivity (Wildman–Crippen MR) is 72.1 cm³/mol. The summed E-state index contributed by atoms with van der Waals surface area (Å²) in [5.41, 5.74) is 0. The van der Waals surface area contributed by atoms with Crippen LogP contribution in [0.15, 0.2) is 0 Å². The summed E-state index contributed by atoms with van der Waals surface area (Å²) in [6.07, 6.45) is 10.1. The van der Waals surface area contributed by atoms with Gasteiger partial charge in [-0.05, 0) is 51.0 Å². The van der Waals surface area contributed by atoms with Gasteiger partial charge in [0.1, 0.15) is 0 Å². The number of hydrogen-bond donors (Lipinski definition) is 1. The first kappa shape index (κ1) is 12.0. The van der Waals surface area contributed by atoms with Gasteiger partial charge in [0.2, 0.25) is 0 Å². The minimum absolute atomic E-state index is 0.848. The fourth-order valence-electron chi connectivity index (χ4n) is 4.60. The third-order valence-corrected chi connectivity index (χ3v) is 5.59. The van der Waals surface area contributed by atoms with E-state index in [4.69, 9.17) is 0 Å². The Bertz CT molecular complexity index is 266. The lowest BCUT2D eigenvalue weighted by molar-refractivity contribution is 0.115. The smallest absolute Gasteiger partial charge is 0.0118 e. The van der Waals surface area contributed by atoms with Crippen LogP contribution in [0.5, 0.6) is 0 Å². The summed E-state index contributed by atoms with van der Waals surface area (Å²) in [6.45, 7) is 3.79. The van der Waals surface area contributed by atoms with Gasteiger partial charge in [0, 0.05) is 24.7 Å². The summed E-state index contributed by atoms with van der Waals surface area (Å²) in [7, 11) is 2.37. The van der Waals surface area contributed by atoms with Gasteiger partial charge in [-0.15, -0.1) is 0 Å². The summed E-state index contributed by atoms with van der Waals surface area (Å²) in [5, 5.41) is 3.77. The van der Waals surface area contributed by atoms with Gasteiger partial charge in [0.25, 0.3) is 0 Å². The van der Waals surface area contributed by atoms with E-state index in [1.165, 1.54) is 51.5 Å². The molecule has 2 heteroatoms. The van der Waals surface area contributed by atoms with Crippen LogP contribution in [0.4, 0.5) is 0 Å². The number of nitrogens with zero attached hydrogens (tertiary/aromatic N) is 1. The van der Waals surface area contributed by atoms with Crippen LogP contribution in [0, 0.1) is 11.8 Å². The molecule has 0 aromatic carbocycles. The van der Waals surface area contributed by atoms with E-state index in [9.17, 15) is 0 Å². The second-order valence-corrected chi connectivity index (χ2v) is 6.81. The van der Waals surface area contributed by atoms with Crippen LogP contribution in [-0.2, 0) is 0 Å². The van der Waals surface area contributed by atoms with Crippen molar-refractivity contribution >= 4 is 0 Å². The van der Waals surface area contributed by atoms with Crippen LogP contribution in [0.2, 0.25) is 0 Å². The van der Waals surface area contributed by atoms with E-state index in [0.717, 1.165) is 30.0 Å². The van der Waals surface area contributed by atoms with Crippen LogP contribution in [-0.4, -0.2) is 36.6 Å². The third kappa shape index (κ3) is 2.39. The summed E-state index contributed by atoms with van der Waals surface area (Å²) < 4.78 is 0. The summed E-state index contributed by atoms with van der Waals surface area (Å²) in [6, 6.07) is 2.58. The topological polar surface area (TPSA) is 15.3 Å². The standard InChI is InChI=1S/C15H28N2/c1-11-5-3-4-6-15(11)17(2)10-12-9-13-7-8-14(12)16-13/h11-16H,3-10H2,1-2H3. The van der Waals surface area contributed by atoms with Crippen molar-refractivity contribution in [2.45, 2.75) is 70.0 Å². The zero-order valence-electron chi connectivity index (χ0n) is 11.5. The molecule has 5 atom stereocenters. The lowest BCUT2D eigenvalue weighted by Gasteiger charge is -2.38. The molecule has 1 saturated carbocycles. The second kappa shape index (κ2) is 4.89. The van der Waals surface area contributed by atoms with Gasteiger partial charge in [-0.25, -0.2) is 0 Å². The van der Waals surface area contributed by atoms with Gasteiger partial charge in [0.15, 0.2) is 0 Å². The summed E-state index contributed by atoms with van der Waals surface area (Å²) in [5.74, 6) is 1.85. The minimum Gasteiger partial charge on any atom is -0.311 e. The van der Waals surface area contributed by atoms with Crippen molar-refractivity contribution in [3.63, 3.8) is 0 Å². The zero-order chi connectivity index (χ0) is 11.8. The van der Waals surface area contributed by atoms with Crippen molar-refractivity contribution in [3.8, 4) is 0 Å². The van der Waals surface area contributed by atoms with E-state index < -0.39 is 0 Å². The van der Waals surface area contributed by atoms with Crippen LogP contribution in [0.25, 0.3) is 0 Å². The quantitative estimate of drug-likeness (QED) is 0.810. The van der Waals surface area contributed by atoms with Crippen molar-refractivity contribution in [2.75, 3.05) is 13.6 Å². The Morgan fingerprint density at radius 1 is 1.12 bits per heavy atom. The Labute approximate surface area is 106 Å². The molecule has 2 bridgehead atoms. The van der Waals surface area contributed by atoms with Crippen molar-refractivity contribution in [2.24, 2.45) is 11.8 Å². The normalized spacial score (nSPS) is 45.7. The average molecular weight is 236 g/mol. The number of fused-ring (bicyclic) bond motifs is 2. The molecule has 0 aromatic heterocycles. The molecule has 1 N–H and O–H groups in total. The Morgan fingerprint density at radius 3 is 2.59 bits per heavy atom. The maximum atomic E-state index is 3.77. The summed E-state index contributed by atoms with van der Waals surface area (Å²) >= 11 is 0. The van der Waals surface area contributed by atoms with Gasteiger partial charge >= 0.3 is 0 Å². The highest BCUT2D eigenvalue weighted by Gasteiger charge is 2.40. The molecule has 3 fully saturated rings. The highest BCUT2D eigenvalue weighted by Crippen LogP contribution is 2.35. The molecule has 0 amide bonds. The lowest BCUT2D eigenvalue weighted by atomic mass is 9.83. The highest BCUT2D eigenvalue weighted by molar-refractivity contribution is 4.98. The molecule has 2 nitrogen and oxygen atoms in total. The monoisotopic (exact) mass is 236 g/mol. The van der Waals surface area contributed by atoms with Gasteiger partial charge in [0.05, 0.1) is 0 Å². The Hall–Kier alpha value is -0.0800. The number of rotatable bonds is 3. The fraction of sp³-hybridized carbons (Fsp3) is 1.00. The Kier molecular flexibility index (Phi) is 3.45. The Balaban J connectivity index is 1.54. The van der Waals surface area contributed by atoms with E-state index in [1.54, 1.807) is 0 Å². The third-order valence-electron chi connectivity index (χ3n) is 5.59. The van der Waals surface area contributed by atoms with E-state index in [2.05, 4.69) is 24.2 Å². The molecule has 98 valence electrons. The average Bonchev–Trinajstić information content (AvgIpc) is 2.91. The number of nitrogens with one attached hydrogen (secondary N) is 1. The SMILES string of the molecule is CC1CCCCC1N(C)CC1CC2CCC1N2. The van der Waals surface area contributed by atoms with Crippen molar-refractivity contribution in [3.05, 3.63) is 0 Å². The Morgan fingerprint density at radius 2 is 1.94 bits per heavy atom. The first-order chi connectivity index (χ1) is 8.24. The van der Waals surface area contributed by atoms with Crippen molar-refractivity contribution in [1.82, 2.24) is 10.2 Å². The molecule has 2 saturated heterocycles. The molecule has 1 aliphatic carbocycles. The van der Waals surface area contributed by atoms with Gasteiger partial charge in [-0.3, -0.25) is 0 Å². The lowest BCUT2D eigenvalue weighted by Crippen LogP contribution is -2.43. The van der Waals surface area contributed by atoms with Crippen LogP contribution in [0.3, 0.4) is 0 Å². The molecule has 5 unspecified atom stereocenters. The summed E-state index contributed by atoms with van der Waals surface area (Å²) in [4.78, 5) is 2.69. The van der Waals surface area contributed by atoms with Crippen LogP contribution >= 0.6 is 0 Å². The maximum Gasteiger partial charge on any atom is 0.0118 e. The molecule has 3 rings (SSSR count). The maximum absolute atomic E-state index is 3.77. The first-order valence-electron chi connectivity index (χ1n) is 7.70. The number of hydrogen-bond acceptors (Lipinski definition) is 2. The predicted octanol–water partition coefficient (Wildman–Crippen LogP) is 2.64.